The third kappa shape index (κ3) is 1.75. The van der Waals surface area contributed by atoms with E-state index in [0.29, 0.717) is 6.04 Å². The van der Waals surface area contributed by atoms with Crippen LogP contribution in [0.3, 0.4) is 0 Å². The molecule has 1 atom stereocenters. The molecule has 14 heavy (non-hydrogen) atoms. The molecule has 0 spiro atoms. The maximum Gasteiger partial charge on any atom is 0.119 e. The molecule has 0 N–H and O–H groups in total. The number of rotatable bonds is 2. The van der Waals surface area contributed by atoms with Gasteiger partial charge in [-0.2, -0.15) is 0 Å². The Morgan fingerprint density at radius 2 is 2.29 bits per heavy atom. The first-order valence-corrected chi connectivity index (χ1v) is 5.15. The van der Waals surface area contributed by atoms with Crippen LogP contribution in [-0.2, 0) is 0 Å². The Kier molecular flexibility index (Phi) is 2.73. The summed E-state index contributed by atoms with van der Waals surface area (Å²) in [5, 5.41) is 0. The van der Waals surface area contributed by atoms with Gasteiger partial charge in [-0.3, -0.25) is 4.90 Å². The fourth-order valence-electron chi connectivity index (χ4n) is 2.18. The predicted octanol–water partition coefficient (Wildman–Crippen LogP) is 2.46. The van der Waals surface area contributed by atoms with E-state index in [0.717, 1.165) is 5.75 Å². The molecule has 0 aliphatic carbocycles. The lowest BCUT2D eigenvalue weighted by atomic mass is 10.0. The van der Waals surface area contributed by atoms with Crippen molar-refractivity contribution in [3.63, 3.8) is 0 Å². The molecule has 1 aromatic rings. The van der Waals surface area contributed by atoms with Gasteiger partial charge in [0.05, 0.1) is 7.11 Å². The molecule has 1 heterocycles. The lowest BCUT2D eigenvalue weighted by Gasteiger charge is -2.20. The molecule has 2 nitrogen and oxygen atoms in total. The monoisotopic (exact) mass is 191 g/mol. The lowest BCUT2D eigenvalue weighted by molar-refractivity contribution is 0.316. The van der Waals surface area contributed by atoms with Crippen molar-refractivity contribution < 1.29 is 4.74 Å². The number of likely N-dealkylation sites (tertiary alicyclic amines) is 1. The average Bonchev–Trinajstić information content (AvgIpc) is 2.65. The normalized spacial score (nSPS) is 22.6. The highest BCUT2D eigenvalue weighted by atomic mass is 16.5. The Bertz CT molecular complexity index is 311. The number of ether oxygens (including phenoxy) is 1. The second-order valence-electron chi connectivity index (χ2n) is 3.92. The van der Waals surface area contributed by atoms with Crippen molar-refractivity contribution >= 4 is 0 Å². The van der Waals surface area contributed by atoms with Crippen molar-refractivity contribution in [3.8, 4) is 5.75 Å². The van der Waals surface area contributed by atoms with E-state index in [2.05, 4.69) is 30.1 Å². The molecule has 0 saturated carbocycles. The van der Waals surface area contributed by atoms with E-state index in [1.54, 1.807) is 7.11 Å². The molecular formula is C12H17NO. The maximum atomic E-state index is 5.23. The highest BCUT2D eigenvalue weighted by Crippen LogP contribution is 2.31. The molecule has 2 heteroatoms. The van der Waals surface area contributed by atoms with E-state index in [1.807, 2.05) is 6.07 Å². The number of methoxy groups -OCH3 is 1. The van der Waals surface area contributed by atoms with Crippen molar-refractivity contribution in [2.75, 3.05) is 20.7 Å². The zero-order valence-electron chi connectivity index (χ0n) is 8.86. The Labute approximate surface area is 85.5 Å². The smallest absolute Gasteiger partial charge is 0.119 e. The van der Waals surface area contributed by atoms with Gasteiger partial charge in [0.1, 0.15) is 5.75 Å². The van der Waals surface area contributed by atoms with Crippen molar-refractivity contribution in [3.05, 3.63) is 29.8 Å². The van der Waals surface area contributed by atoms with Gasteiger partial charge in [0, 0.05) is 6.04 Å². The van der Waals surface area contributed by atoms with Gasteiger partial charge in [-0.05, 0) is 44.1 Å². The molecule has 0 amide bonds. The molecule has 1 aromatic carbocycles. The van der Waals surface area contributed by atoms with Gasteiger partial charge in [-0.1, -0.05) is 12.1 Å². The SMILES string of the molecule is COc1cccc([C@H]2CCCN2C)c1. The van der Waals surface area contributed by atoms with E-state index in [4.69, 9.17) is 4.74 Å². The van der Waals surface area contributed by atoms with Crippen LogP contribution in [0.4, 0.5) is 0 Å². The molecular weight excluding hydrogens is 174 g/mol. The van der Waals surface area contributed by atoms with Crippen molar-refractivity contribution in [2.24, 2.45) is 0 Å². The minimum atomic E-state index is 0.588. The highest BCUT2D eigenvalue weighted by Gasteiger charge is 2.22. The average molecular weight is 191 g/mol. The van der Waals surface area contributed by atoms with Crippen LogP contribution >= 0.6 is 0 Å². The van der Waals surface area contributed by atoms with Gasteiger partial charge in [-0.15, -0.1) is 0 Å². The maximum absolute atomic E-state index is 5.23. The first-order chi connectivity index (χ1) is 6.81. The standard InChI is InChI=1S/C12H17NO/c1-13-8-4-7-12(13)10-5-3-6-11(9-10)14-2/h3,5-6,9,12H,4,7-8H2,1-2H3/t12-/m1/s1. The first kappa shape index (κ1) is 9.53. The van der Waals surface area contributed by atoms with Crippen LogP contribution in [0.1, 0.15) is 24.4 Å². The van der Waals surface area contributed by atoms with Gasteiger partial charge in [0.2, 0.25) is 0 Å². The quantitative estimate of drug-likeness (QED) is 0.712. The largest absolute Gasteiger partial charge is 0.497 e. The minimum Gasteiger partial charge on any atom is -0.497 e. The van der Waals surface area contributed by atoms with Crippen LogP contribution in [0.5, 0.6) is 5.75 Å². The van der Waals surface area contributed by atoms with Crippen LogP contribution in [0.15, 0.2) is 24.3 Å². The number of benzene rings is 1. The van der Waals surface area contributed by atoms with Crippen LogP contribution in [0.2, 0.25) is 0 Å². The summed E-state index contributed by atoms with van der Waals surface area (Å²) in [7, 11) is 3.91. The molecule has 1 aliphatic rings. The number of hydrogen-bond acceptors (Lipinski definition) is 2. The molecule has 0 radical (unpaired) electrons. The lowest BCUT2D eigenvalue weighted by Crippen LogP contribution is -2.17. The summed E-state index contributed by atoms with van der Waals surface area (Å²) < 4.78 is 5.23. The summed E-state index contributed by atoms with van der Waals surface area (Å²) in [6.45, 7) is 1.21. The van der Waals surface area contributed by atoms with Crippen molar-refractivity contribution in [1.29, 1.82) is 0 Å². The fourth-order valence-corrected chi connectivity index (χ4v) is 2.18. The molecule has 1 saturated heterocycles. The second-order valence-corrected chi connectivity index (χ2v) is 3.92. The summed E-state index contributed by atoms with van der Waals surface area (Å²) in [4.78, 5) is 2.41. The molecule has 0 aromatic heterocycles. The van der Waals surface area contributed by atoms with Gasteiger partial charge >= 0.3 is 0 Å². The molecule has 1 fully saturated rings. The molecule has 0 unspecified atom stereocenters. The topological polar surface area (TPSA) is 12.5 Å². The second kappa shape index (κ2) is 4.01. The summed E-state index contributed by atoms with van der Waals surface area (Å²) in [5.41, 5.74) is 1.38. The Balaban J connectivity index is 2.22. The van der Waals surface area contributed by atoms with E-state index in [9.17, 15) is 0 Å². The Morgan fingerprint density at radius 1 is 1.43 bits per heavy atom. The molecule has 0 bridgehead atoms. The number of nitrogens with zero attached hydrogens (tertiary/aromatic N) is 1. The van der Waals surface area contributed by atoms with E-state index in [-0.39, 0.29) is 0 Å². The van der Waals surface area contributed by atoms with Gasteiger partial charge in [-0.25, -0.2) is 0 Å². The predicted molar refractivity (Wildman–Crippen MR) is 57.6 cm³/mol. The summed E-state index contributed by atoms with van der Waals surface area (Å²) in [6.07, 6.45) is 2.57. The summed E-state index contributed by atoms with van der Waals surface area (Å²) in [5.74, 6) is 0.961. The fraction of sp³-hybridized carbons (Fsp3) is 0.500. The van der Waals surface area contributed by atoms with Crippen molar-refractivity contribution in [1.82, 2.24) is 4.90 Å². The van der Waals surface area contributed by atoms with Crippen LogP contribution in [0.25, 0.3) is 0 Å². The Hall–Kier alpha value is -1.02. The van der Waals surface area contributed by atoms with E-state index < -0.39 is 0 Å². The van der Waals surface area contributed by atoms with Gasteiger partial charge < -0.3 is 4.74 Å². The third-order valence-corrected chi connectivity index (χ3v) is 3.00. The first-order valence-electron chi connectivity index (χ1n) is 5.15. The van der Waals surface area contributed by atoms with E-state index >= 15 is 0 Å². The summed E-state index contributed by atoms with van der Waals surface area (Å²) in [6, 6.07) is 8.99. The van der Waals surface area contributed by atoms with Crippen LogP contribution in [0, 0.1) is 0 Å². The molecule has 76 valence electrons. The van der Waals surface area contributed by atoms with E-state index in [1.165, 1.54) is 24.9 Å². The zero-order valence-corrected chi connectivity index (χ0v) is 8.86. The summed E-state index contributed by atoms with van der Waals surface area (Å²) >= 11 is 0. The van der Waals surface area contributed by atoms with Crippen LogP contribution < -0.4 is 4.74 Å². The van der Waals surface area contributed by atoms with Gasteiger partial charge in [0.15, 0.2) is 0 Å². The Morgan fingerprint density at radius 3 is 2.93 bits per heavy atom. The molecule has 1 aliphatic heterocycles. The molecule has 2 rings (SSSR count). The minimum absolute atomic E-state index is 0.588. The van der Waals surface area contributed by atoms with Crippen LogP contribution in [-0.4, -0.2) is 25.6 Å². The van der Waals surface area contributed by atoms with Crippen molar-refractivity contribution in [2.45, 2.75) is 18.9 Å². The number of hydrogen-bond donors (Lipinski definition) is 0. The van der Waals surface area contributed by atoms with Gasteiger partial charge in [0.25, 0.3) is 0 Å². The highest BCUT2D eigenvalue weighted by molar-refractivity contribution is 5.30. The third-order valence-electron chi connectivity index (χ3n) is 3.00. The zero-order chi connectivity index (χ0) is 9.97.